The molecule has 0 unspecified atom stereocenters. The van der Waals surface area contributed by atoms with Gasteiger partial charge in [-0.15, -0.1) is 0 Å². The predicted molar refractivity (Wildman–Crippen MR) is 89.5 cm³/mol. The highest BCUT2D eigenvalue weighted by atomic mass is 16.5. The fourth-order valence-electron chi connectivity index (χ4n) is 2.54. The Kier molecular flexibility index (Phi) is 5.27. The van der Waals surface area contributed by atoms with Crippen LogP contribution in [-0.4, -0.2) is 47.0 Å². The molecule has 3 rings (SSSR count). The third-order valence-electron chi connectivity index (χ3n) is 3.83. The molecule has 0 bridgehead atoms. The Labute approximate surface area is 140 Å². The normalized spacial score (nSPS) is 17.5. The minimum Gasteiger partial charge on any atom is -0.375 e. The van der Waals surface area contributed by atoms with Gasteiger partial charge in [-0.2, -0.15) is 5.10 Å². The number of pyridine rings is 1. The first-order valence-corrected chi connectivity index (χ1v) is 8.02. The lowest BCUT2D eigenvalue weighted by Crippen LogP contribution is -2.41. The van der Waals surface area contributed by atoms with Crippen LogP contribution in [-0.2, 0) is 17.8 Å². The minimum atomic E-state index is -0.226. The van der Waals surface area contributed by atoms with Crippen molar-refractivity contribution in [2.45, 2.75) is 26.1 Å². The number of nitrogens with one attached hydrogen (secondary N) is 3. The molecule has 2 aromatic rings. The third-order valence-corrected chi connectivity index (χ3v) is 3.83. The topological polar surface area (TPSA) is 95.2 Å². The van der Waals surface area contributed by atoms with Gasteiger partial charge in [0.05, 0.1) is 24.9 Å². The molecular weight excluding hydrogens is 308 g/mol. The zero-order valence-corrected chi connectivity index (χ0v) is 13.7. The van der Waals surface area contributed by atoms with Gasteiger partial charge in [-0.25, -0.2) is 9.78 Å². The smallest absolute Gasteiger partial charge is 0.315 e. The zero-order valence-electron chi connectivity index (χ0n) is 13.7. The van der Waals surface area contributed by atoms with Crippen molar-refractivity contribution in [3.63, 3.8) is 0 Å². The number of aromatic nitrogens is 3. The van der Waals surface area contributed by atoms with E-state index in [9.17, 15) is 4.79 Å². The van der Waals surface area contributed by atoms with Gasteiger partial charge in [-0.05, 0) is 24.6 Å². The molecule has 128 valence electrons. The summed E-state index contributed by atoms with van der Waals surface area (Å²) in [5.41, 5.74) is 1.81. The van der Waals surface area contributed by atoms with Crippen LogP contribution in [0.4, 0.5) is 10.6 Å². The second-order valence-electron chi connectivity index (χ2n) is 5.77. The Bertz CT molecular complexity index is 643. The molecule has 1 fully saturated rings. The van der Waals surface area contributed by atoms with Gasteiger partial charge in [-0.3, -0.25) is 5.10 Å². The number of ether oxygens (including phenoxy) is 1. The molecule has 1 saturated heterocycles. The van der Waals surface area contributed by atoms with Crippen LogP contribution < -0.4 is 15.5 Å². The Hall–Kier alpha value is -2.61. The van der Waals surface area contributed by atoms with E-state index in [-0.39, 0.29) is 12.1 Å². The first-order chi connectivity index (χ1) is 11.7. The van der Waals surface area contributed by atoms with Gasteiger partial charge in [-0.1, -0.05) is 6.07 Å². The maximum atomic E-state index is 11.8. The summed E-state index contributed by atoms with van der Waals surface area (Å²) >= 11 is 0. The number of H-pyrrole nitrogens is 1. The Morgan fingerprint density at radius 1 is 1.38 bits per heavy atom. The van der Waals surface area contributed by atoms with E-state index in [1.165, 1.54) is 0 Å². The van der Waals surface area contributed by atoms with Crippen molar-refractivity contribution in [2.75, 3.05) is 24.6 Å². The van der Waals surface area contributed by atoms with E-state index in [1.807, 2.05) is 18.2 Å². The summed E-state index contributed by atoms with van der Waals surface area (Å²) in [5, 5.41) is 12.2. The van der Waals surface area contributed by atoms with Gasteiger partial charge in [0, 0.05) is 32.0 Å². The number of aromatic amines is 1. The fraction of sp³-hybridized carbons (Fsp3) is 0.438. The van der Waals surface area contributed by atoms with Crippen molar-refractivity contribution in [1.29, 1.82) is 0 Å². The summed E-state index contributed by atoms with van der Waals surface area (Å²) in [4.78, 5) is 18.5. The third kappa shape index (κ3) is 4.45. The van der Waals surface area contributed by atoms with Gasteiger partial charge in [0.1, 0.15) is 5.82 Å². The van der Waals surface area contributed by atoms with Crippen LogP contribution >= 0.6 is 0 Å². The van der Waals surface area contributed by atoms with Crippen molar-refractivity contribution in [3.05, 3.63) is 41.9 Å². The van der Waals surface area contributed by atoms with Crippen molar-refractivity contribution in [3.8, 4) is 0 Å². The highest BCUT2D eigenvalue weighted by Gasteiger charge is 2.17. The lowest BCUT2D eigenvalue weighted by molar-refractivity contribution is 0.0529. The van der Waals surface area contributed by atoms with Crippen LogP contribution in [0, 0.1) is 0 Å². The summed E-state index contributed by atoms with van der Waals surface area (Å²) in [6, 6.07) is 5.56. The standard InChI is InChI=1S/C16H22N6O2/c1-12-11-22(6-7-24-12)15-3-2-13(8-17-15)9-18-16(23)19-10-14-4-5-20-21-14/h2-5,8,12H,6-7,9-11H2,1H3,(H,20,21)(H2,18,19,23)/t12-/m1/s1. The van der Waals surface area contributed by atoms with E-state index in [0.717, 1.165) is 36.8 Å². The molecule has 8 heteroatoms. The largest absolute Gasteiger partial charge is 0.375 e. The number of urea groups is 1. The zero-order chi connectivity index (χ0) is 16.8. The molecule has 0 saturated carbocycles. The van der Waals surface area contributed by atoms with Crippen LogP contribution in [0.15, 0.2) is 30.6 Å². The molecule has 8 nitrogen and oxygen atoms in total. The monoisotopic (exact) mass is 330 g/mol. The van der Waals surface area contributed by atoms with E-state index in [0.29, 0.717) is 13.1 Å². The molecule has 0 radical (unpaired) electrons. The minimum absolute atomic E-state index is 0.223. The second-order valence-corrected chi connectivity index (χ2v) is 5.77. The van der Waals surface area contributed by atoms with Crippen LogP contribution in [0.2, 0.25) is 0 Å². The number of nitrogens with zero attached hydrogens (tertiary/aromatic N) is 3. The van der Waals surface area contributed by atoms with Gasteiger partial charge in [0.2, 0.25) is 0 Å². The molecule has 2 amide bonds. The average molecular weight is 330 g/mol. The second kappa shape index (κ2) is 7.78. The number of hydrogen-bond acceptors (Lipinski definition) is 5. The van der Waals surface area contributed by atoms with Gasteiger partial charge < -0.3 is 20.3 Å². The highest BCUT2D eigenvalue weighted by Crippen LogP contribution is 2.15. The number of amides is 2. The number of morpholine rings is 1. The first-order valence-electron chi connectivity index (χ1n) is 8.02. The van der Waals surface area contributed by atoms with Gasteiger partial charge >= 0.3 is 6.03 Å². The Morgan fingerprint density at radius 2 is 2.25 bits per heavy atom. The van der Waals surface area contributed by atoms with Crippen molar-refractivity contribution < 1.29 is 9.53 Å². The molecule has 24 heavy (non-hydrogen) atoms. The van der Waals surface area contributed by atoms with Gasteiger partial charge in [0.15, 0.2) is 0 Å². The number of rotatable bonds is 5. The predicted octanol–water partition coefficient (Wildman–Crippen LogP) is 1.03. The molecule has 1 aliphatic rings. The highest BCUT2D eigenvalue weighted by molar-refractivity contribution is 5.73. The molecule has 1 aliphatic heterocycles. The number of hydrogen-bond donors (Lipinski definition) is 3. The van der Waals surface area contributed by atoms with Crippen molar-refractivity contribution in [1.82, 2.24) is 25.8 Å². The fourth-order valence-corrected chi connectivity index (χ4v) is 2.54. The SMILES string of the molecule is C[C@@H]1CN(c2ccc(CNC(=O)NCc3ccn[nH]3)cn2)CCO1. The Balaban J connectivity index is 1.44. The summed E-state index contributed by atoms with van der Waals surface area (Å²) in [6.45, 7) is 5.33. The molecule has 3 heterocycles. The average Bonchev–Trinajstić information content (AvgIpc) is 3.12. The molecule has 3 N–H and O–H groups in total. The van der Waals surface area contributed by atoms with Crippen molar-refractivity contribution in [2.24, 2.45) is 0 Å². The molecule has 1 atom stereocenters. The van der Waals surface area contributed by atoms with Crippen molar-refractivity contribution >= 4 is 11.8 Å². The number of carbonyl (C=O) groups is 1. The summed E-state index contributed by atoms with van der Waals surface area (Å²) in [7, 11) is 0. The maximum absolute atomic E-state index is 11.8. The molecular formula is C16H22N6O2. The Morgan fingerprint density at radius 3 is 2.96 bits per heavy atom. The maximum Gasteiger partial charge on any atom is 0.315 e. The summed E-state index contributed by atoms with van der Waals surface area (Å²) in [6.07, 6.45) is 3.67. The van der Waals surface area contributed by atoms with E-state index >= 15 is 0 Å². The van der Waals surface area contributed by atoms with E-state index < -0.39 is 0 Å². The summed E-state index contributed by atoms with van der Waals surface area (Å²) in [5.74, 6) is 0.942. The first kappa shape index (κ1) is 16.3. The molecule has 0 aliphatic carbocycles. The molecule has 0 spiro atoms. The summed E-state index contributed by atoms with van der Waals surface area (Å²) < 4.78 is 5.54. The number of anilines is 1. The van der Waals surface area contributed by atoms with E-state index in [1.54, 1.807) is 12.4 Å². The van der Waals surface area contributed by atoms with Crippen LogP contribution in [0.1, 0.15) is 18.2 Å². The van der Waals surface area contributed by atoms with E-state index in [2.05, 4.69) is 37.6 Å². The molecule has 0 aromatic carbocycles. The van der Waals surface area contributed by atoms with Crippen LogP contribution in [0.3, 0.4) is 0 Å². The van der Waals surface area contributed by atoms with E-state index in [4.69, 9.17) is 4.74 Å². The number of carbonyl (C=O) groups excluding carboxylic acids is 1. The lowest BCUT2D eigenvalue weighted by Gasteiger charge is -2.32. The van der Waals surface area contributed by atoms with Crippen LogP contribution in [0.5, 0.6) is 0 Å². The molecule has 2 aromatic heterocycles. The lowest BCUT2D eigenvalue weighted by atomic mass is 10.2. The van der Waals surface area contributed by atoms with Crippen LogP contribution in [0.25, 0.3) is 0 Å². The quantitative estimate of drug-likeness (QED) is 0.761. The van der Waals surface area contributed by atoms with Gasteiger partial charge in [0.25, 0.3) is 0 Å².